The van der Waals surface area contributed by atoms with Gasteiger partial charge >= 0.3 is 11.9 Å². The van der Waals surface area contributed by atoms with Gasteiger partial charge < -0.3 is 43.0 Å². The van der Waals surface area contributed by atoms with E-state index < -0.39 is 79.1 Å². The number of methoxy groups -OCH3 is 1. The molecule has 1 N–H and O–H groups in total. The van der Waals surface area contributed by atoms with Crippen molar-refractivity contribution in [1.82, 2.24) is 0 Å². The van der Waals surface area contributed by atoms with Gasteiger partial charge in [0, 0.05) is 14.0 Å². The van der Waals surface area contributed by atoms with Crippen molar-refractivity contribution >= 4 is 11.9 Å². The number of hydrogen-bond acceptors (Lipinski definition) is 11. The number of esters is 2. The summed E-state index contributed by atoms with van der Waals surface area (Å²) in [5.41, 5.74) is 0.312. The number of fused-ring (bicyclic) bond motifs is 1. The molecule has 11 heteroatoms. The second kappa shape index (κ2) is 10.7. The van der Waals surface area contributed by atoms with Crippen LogP contribution in [-0.4, -0.2) is 91.4 Å². The summed E-state index contributed by atoms with van der Waals surface area (Å²) in [7, 11) is 1.51. The molecule has 0 radical (unpaired) electrons. The van der Waals surface area contributed by atoms with E-state index in [1.54, 1.807) is 58.0 Å². The highest BCUT2D eigenvalue weighted by Crippen LogP contribution is 2.40. The fraction of sp³-hybridized carbons (Fsp3) is 0.680. The molecule has 10 atom stereocenters. The Morgan fingerprint density at radius 1 is 0.889 bits per heavy atom. The summed E-state index contributed by atoms with van der Waals surface area (Å²) >= 11 is 0. The first-order valence-corrected chi connectivity index (χ1v) is 12.0. The lowest BCUT2D eigenvalue weighted by molar-refractivity contribution is -0.340. The molecule has 4 rings (SSSR count). The summed E-state index contributed by atoms with van der Waals surface area (Å²) in [5, 5.41) is 11.1. The van der Waals surface area contributed by atoms with Gasteiger partial charge in [0.25, 0.3) is 0 Å². The van der Waals surface area contributed by atoms with Crippen molar-refractivity contribution < 1.29 is 52.6 Å². The smallest absolute Gasteiger partial charge is 0.338 e. The molecule has 200 valence electrons. The van der Waals surface area contributed by atoms with Gasteiger partial charge in [-0.2, -0.15) is 0 Å². The summed E-state index contributed by atoms with van der Waals surface area (Å²) in [4.78, 5) is 24.5. The largest absolute Gasteiger partial charge is 0.454 e. The van der Waals surface area contributed by atoms with E-state index in [9.17, 15) is 14.7 Å². The zero-order valence-electron chi connectivity index (χ0n) is 21.2. The first-order valence-electron chi connectivity index (χ1n) is 12.0. The van der Waals surface area contributed by atoms with Crippen molar-refractivity contribution in [3.8, 4) is 0 Å². The van der Waals surface area contributed by atoms with Crippen LogP contribution in [-0.2, 0) is 42.7 Å². The molecular formula is C25H34O11. The molecule has 3 heterocycles. The van der Waals surface area contributed by atoms with Gasteiger partial charge in [-0.25, -0.2) is 4.79 Å². The van der Waals surface area contributed by atoms with Gasteiger partial charge in [-0.1, -0.05) is 18.2 Å². The fourth-order valence-corrected chi connectivity index (χ4v) is 4.80. The maximum absolute atomic E-state index is 12.6. The van der Waals surface area contributed by atoms with Gasteiger partial charge in [-0.3, -0.25) is 4.79 Å². The summed E-state index contributed by atoms with van der Waals surface area (Å²) in [6, 6.07) is 8.36. The van der Waals surface area contributed by atoms with Crippen LogP contribution in [0, 0.1) is 0 Å². The Morgan fingerprint density at radius 3 is 2.14 bits per heavy atom. The van der Waals surface area contributed by atoms with E-state index in [4.69, 9.17) is 37.9 Å². The maximum Gasteiger partial charge on any atom is 0.338 e. The molecule has 0 unspecified atom stereocenters. The lowest BCUT2D eigenvalue weighted by Gasteiger charge is -2.46. The molecule has 0 spiro atoms. The van der Waals surface area contributed by atoms with E-state index in [0.29, 0.717) is 5.56 Å². The molecule has 3 aliphatic heterocycles. The summed E-state index contributed by atoms with van der Waals surface area (Å²) in [5.74, 6) is -2.21. The lowest BCUT2D eigenvalue weighted by atomic mass is 9.97. The molecule has 0 saturated carbocycles. The van der Waals surface area contributed by atoms with Gasteiger partial charge in [0.1, 0.15) is 24.4 Å². The quantitative estimate of drug-likeness (QED) is 0.560. The number of hydrogen-bond donors (Lipinski definition) is 1. The molecule has 1 aromatic carbocycles. The van der Waals surface area contributed by atoms with Crippen molar-refractivity contribution in [2.24, 2.45) is 0 Å². The number of rotatable bonds is 6. The van der Waals surface area contributed by atoms with E-state index in [0.717, 1.165) is 0 Å². The molecule has 0 aromatic heterocycles. The Balaban J connectivity index is 1.53. The Morgan fingerprint density at radius 2 is 1.50 bits per heavy atom. The number of carbonyl (C=O) groups is 2. The van der Waals surface area contributed by atoms with E-state index in [1.807, 2.05) is 0 Å². The maximum atomic E-state index is 12.6. The van der Waals surface area contributed by atoms with Gasteiger partial charge in [0.2, 0.25) is 0 Å². The van der Waals surface area contributed by atoms with Crippen LogP contribution in [0.3, 0.4) is 0 Å². The minimum Gasteiger partial charge on any atom is -0.454 e. The van der Waals surface area contributed by atoms with Crippen molar-refractivity contribution in [3.05, 3.63) is 35.9 Å². The monoisotopic (exact) mass is 510 g/mol. The predicted octanol–water partition coefficient (Wildman–Crippen LogP) is 1.55. The number of benzene rings is 1. The highest BCUT2D eigenvalue weighted by molar-refractivity contribution is 5.89. The number of ether oxygens (including phenoxy) is 8. The number of aliphatic hydroxyl groups is 1. The van der Waals surface area contributed by atoms with Crippen LogP contribution in [0.25, 0.3) is 0 Å². The minimum absolute atomic E-state index is 0.312. The van der Waals surface area contributed by atoms with Crippen LogP contribution in [0.1, 0.15) is 45.0 Å². The molecule has 0 amide bonds. The average Bonchev–Trinajstić information content (AvgIpc) is 3.16. The summed E-state index contributed by atoms with van der Waals surface area (Å²) in [6.07, 6.45) is -8.88. The molecule has 3 fully saturated rings. The third-order valence-corrected chi connectivity index (χ3v) is 6.40. The first-order chi connectivity index (χ1) is 17.0. The fourth-order valence-electron chi connectivity index (χ4n) is 4.80. The van der Waals surface area contributed by atoms with E-state index in [2.05, 4.69) is 0 Å². The molecule has 3 saturated heterocycles. The Hall–Kier alpha value is -2.12. The molecule has 1 aromatic rings. The molecule has 0 bridgehead atoms. The van der Waals surface area contributed by atoms with Gasteiger partial charge in [-0.05, 0) is 39.8 Å². The molecule has 0 aliphatic carbocycles. The van der Waals surface area contributed by atoms with Crippen molar-refractivity contribution in [2.45, 2.75) is 102 Å². The van der Waals surface area contributed by atoms with E-state index in [-0.39, 0.29) is 0 Å². The Kier molecular flexibility index (Phi) is 8.01. The average molecular weight is 511 g/mol. The SMILES string of the molecule is CO[C@@H]1O[C@@H](C)[C@H](O[C@H]2O[C@@H](C)[C@H](OC(=O)c3ccccc3)[C@@H](O)[C@H]2OC(C)=O)[C@H]2OC(C)(C)O[C@@H]12. The van der Waals surface area contributed by atoms with Crippen LogP contribution >= 0.6 is 0 Å². The Labute approximate surface area is 209 Å². The third kappa shape index (κ3) is 5.57. The molecule has 3 aliphatic rings. The molecule has 11 nitrogen and oxygen atoms in total. The van der Waals surface area contributed by atoms with Crippen LogP contribution in [0.2, 0.25) is 0 Å². The number of carbonyl (C=O) groups excluding carboxylic acids is 2. The minimum atomic E-state index is -1.42. The molecular weight excluding hydrogens is 476 g/mol. The zero-order valence-corrected chi connectivity index (χ0v) is 21.2. The van der Waals surface area contributed by atoms with Gasteiger partial charge in [0.05, 0.1) is 17.8 Å². The zero-order chi connectivity index (χ0) is 26.2. The van der Waals surface area contributed by atoms with Crippen LogP contribution in [0.5, 0.6) is 0 Å². The highest BCUT2D eigenvalue weighted by atomic mass is 16.8. The van der Waals surface area contributed by atoms with Crippen LogP contribution < -0.4 is 0 Å². The van der Waals surface area contributed by atoms with Crippen LogP contribution in [0.15, 0.2) is 30.3 Å². The first kappa shape index (κ1) is 26.9. The predicted molar refractivity (Wildman–Crippen MR) is 122 cm³/mol. The van der Waals surface area contributed by atoms with Crippen molar-refractivity contribution in [3.63, 3.8) is 0 Å². The lowest BCUT2D eigenvalue weighted by Crippen LogP contribution is -2.63. The second-order valence-electron chi connectivity index (χ2n) is 9.62. The van der Waals surface area contributed by atoms with Crippen molar-refractivity contribution in [2.75, 3.05) is 7.11 Å². The van der Waals surface area contributed by atoms with E-state index in [1.165, 1.54) is 14.0 Å². The second-order valence-corrected chi connectivity index (χ2v) is 9.62. The summed E-state index contributed by atoms with van der Waals surface area (Å²) in [6.45, 7) is 8.17. The number of aliphatic hydroxyl groups excluding tert-OH is 1. The van der Waals surface area contributed by atoms with Crippen molar-refractivity contribution in [1.29, 1.82) is 0 Å². The van der Waals surface area contributed by atoms with Crippen LogP contribution in [0.4, 0.5) is 0 Å². The van der Waals surface area contributed by atoms with E-state index >= 15 is 0 Å². The Bertz CT molecular complexity index is 922. The van der Waals surface area contributed by atoms with Gasteiger partial charge in [-0.15, -0.1) is 0 Å². The highest BCUT2D eigenvalue weighted by Gasteiger charge is 2.57. The normalized spacial score (nSPS) is 39.8. The summed E-state index contributed by atoms with van der Waals surface area (Å²) < 4.78 is 46.6. The topological polar surface area (TPSA) is 128 Å². The third-order valence-electron chi connectivity index (χ3n) is 6.40. The standard InChI is InChI=1S/C25H34O11/c1-12-17(33-22(28)15-10-8-7-9-11-15)16(27)19(32-14(3)26)24(31-12)34-18-13(2)30-23(29-6)21-20(18)35-25(4,5)36-21/h7-13,16-21,23-24,27H,1-6H3/t12-,13-,16+,17-,18-,19+,20+,21+,23+,24+/m0/s1. The molecule has 36 heavy (non-hydrogen) atoms. The van der Waals surface area contributed by atoms with Gasteiger partial charge in [0.15, 0.2) is 30.6 Å².